The zero-order valence-electron chi connectivity index (χ0n) is 9.71. The van der Waals surface area contributed by atoms with Crippen LogP contribution in [0.1, 0.15) is 41.5 Å². The van der Waals surface area contributed by atoms with Gasteiger partial charge in [-0.2, -0.15) is 0 Å². The van der Waals surface area contributed by atoms with Crippen LogP contribution < -0.4 is 0 Å². The van der Waals surface area contributed by atoms with Crippen molar-refractivity contribution in [2.45, 2.75) is 41.5 Å². The Morgan fingerprint density at radius 3 is 0.769 bits per heavy atom. The molecule has 0 spiro atoms. The first-order valence-electron chi connectivity index (χ1n) is 4.00. The molecule has 0 fully saturated rings. The van der Waals surface area contributed by atoms with E-state index in [1.54, 1.807) is 0 Å². The SMILES string of the molecule is [C-]#CC(C)(C)C.[C-]#CC(C)(C)C.[Mg+2]. The molecule has 0 heterocycles. The van der Waals surface area contributed by atoms with E-state index in [0.29, 0.717) is 0 Å². The molecule has 0 radical (unpaired) electrons. The molecule has 0 N–H and O–H groups in total. The van der Waals surface area contributed by atoms with Crippen molar-refractivity contribution in [1.82, 2.24) is 0 Å². The molecule has 0 aromatic heterocycles. The molecule has 0 aromatic rings. The van der Waals surface area contributed by atoms with Crippen LogP contribution in [0.5, 0.6) is 0 Å². The van der Waals surface area contributed by atoms with E-state index in [1.807, 2.05) is 41.5 Å². The van der Waals surface area contributed by atoms with Gasteiger partial charge in [0.15, 0.2) is 0 Å². The summed E-state index contributed by atoms with van der Waals surface area (Å²) < 4.78 is 0. The van der Waals surface area contributed by atoms with Gasteiger partial charge in [0.05, 0.1) is 0 Å². The van der Waals surface area contributed by atoms with Crippen LogP contribution in [0, 0.1) is 35.5 Å². The van der Waals surface area contributed by atoms with E-state index in [9.17, 15) is 0 Å². The first kappa shape index (κ1) is 18.6. The minimum atomic E-state index is -0.0417. The van der Waals surface area contributed by atoms with Gasteiger partial charge in [-0.05, 0) is 10.8 Å². The van der Waals surface area contributed by atoms with Crippen molar-refractivity contribution in [1.29, 1.82) is 0 Å². The van der Waals surface area contributed by atoms with Gasteiger partial charge in [-0.15, -0.1) is 0 Å². The van der Waals surface area contributed by atoms with Crippen molar-refractivity contribution in [2.24, 2.45) is 10.8 Å². The average Bonchev–Trinajstić information content (AvgIpc) is 1.86. The molecule has 1 heteroatoms. The van der Waals surface area contributed by atoms with Gasteiger partial charge >= 0.3 is 23.1 Å². The maximum Gasteiger partial charge on any atom is 2.00 e. The first-order chi connectivity index (χ1) is 5.12. The van der Waals surface area contributed by atoms with Crippen LogP contribution in [0.25, 0.3) is 0 Å². The van der Waals surface area contributed by atoms with E-state index in [-0.39, 0.29) is 33.9 Å². The molecule has 0 saturated carbocycles. The largest absolute Gasteiger partial charge is 2.00 e. The third kappa shape index (κ3) is 33.5. The van der Waals surface area contributed by atoms with E-state index < -0.39 is 0 Å². The molecule has 0 amide bonds. The minimum absolute atomic E-state index is 0. The molecule has 0 saturated heterocycles. The first-order valence-corrected chi connectivity index (χ1v) is 4.00. The molecule has 0 aliphatic carbocycles. The second kappa shape index (κ2) is 7.31. The quantitative estimate of drug-likeness (QED) is 0.310. The minimum Gasteiger partial charge on any atom is -0.693 e. The van der Waals surface area contributed by atoms with Crippen LogP contribution in [-0.4, -0.2) is 23.1 Å². The molecule has 0 aliphatic heterocycles. The second-order valence-corrected chi connectivity index (χ2v) is 4.75. The Balaban J connectivity index is -0.000000143. The summed E-state index contributed by atoms with van der Waals surface area (Å²) in [4.78, 5) is 0. The Morgan fingerprint density at radius 2 is 0.769 bits per heavy atom. The van der Waals surface area contributed by atoms with Crippen LogP contribution in [0.4, 0.5) is 0 Å². The molecule has 0 rings (SSSR count). The van der Waals surface area contributed by atoms with Gasteiger partial charge in [0, 0.05) is 0 Å². The van der Waals surface area contributed by atoms with E-state index in [1.165, 1.54) is 0 Å². The summed E-state index contributed by atoms with van der Waals surface area (Å²) in [7, 11) is 0. The van der Waals surface area contributed by atoms with Crippen molar-refractivity contribution in [3.63, 3.8) is 0 Å². The van der Waals surface area contributed by atoms with E-state index in [0.717, 1.165) is 0 Å². The normalized spacial score (nSPS) is 9.54. The Morgan fingerprint density at radius 1 is 0.692 bits per heavy atom. The van der Waals surface area contributed by atoms with E-state index >= 15 is 0 Å². The fourth-order valence-corrected chi connectivity index (χ4v) is 0. The monoisotopic (exact) mass is 186 g/mol. The number of hydrogen-bond donors (Lipinski definition) is 0. The van der Waals surface area contributed by atoms with Gasteiger partial charge < -0.3 is 24.7 Å². The average molecular weight is 187 g/mol. The van der Waals surface area contributed by atoms with Crippen LogP contribution in [0.2, 0.25) is 0 Å². The third-order valence-electron chi connectivity index (χ3n) is 0.750. The summed E-state index contributed by atoms with van der Waals surface area (Å²) in [6.07, 6.45) is 13.2. The van der Waals surface area contributed by atoms with Crippen molar-refractivity contribution in [2.75, 3.05) is 0 Å². The molecule has 0 nitrogen and oxygen atoms in total. The van der Waals surface area contributed by atoms with Crippen molar-refractivity contribution in [3.8, 4) is 11.8 Å². The smallest absolute Gasteiger partial charge is 0.693 e. The molecule has 0 aliphatic rings. The predicted molar refractivity (Wildman–Crippen MR) is 58.9 cm³/mol. The summed E-state index contributed by atoms with van der Waals surface area (Å²) in [5, 5.41) is 0. The predicted octanol–water partition coefficient (Wildman–Crippen LogP) is 2.86. The van der Waals surface area contributed by atoms with Gasteiger partial charge in [0.2, 0.25) is 0 Å². The van der Waals surface area contributed by atoms with Crippen LogP contribution >= 0.6 is 0 Å². The second-order valence-electron chi connectivity index (χ2n) is 4.75. The van der Waals surface area contributed by atoms with E-state index in [4.69, 9.17) is 12.8 Å². The van der Waals surface area contributed by atoms with Gasteiger partial charge in [-0.1, -0.05) is 41.5 Å². The maximum atomic E-state index is 6.60. The van der Waals surface area contributed by atoms with Crippen molar-refractivity contribution in [3.05, 3.63) is 12.8 Å². The summed E-state index contributed by atoms with van der Waals surface area (Å²) in [5.41, 5.74) is -0.0833. The summed E-state index contributed by atoms with van der Waals surface area (Å²) in [6, 6.07) is 0. The van der Waals surface area contributed by atoms with Crippen molar-refractivity contribution >= 4 is 23.1 Å². The Bertz CT molecular complexity index is 163. The Kier molecular flexibility index (Phi) is 10.5. The molecular formula is C12H18Mg. The van der Waals surface area contributed by atoms with Crippen molar-refractivity contribution < 1.29 is 0 Å². The summed E-state index contributed by atoms with van der Waals surface area (Å²) >= 11 is 0. The van der Waals surface area contributed by atoms with Gasteiger partial charge in [0.25, 0.3) is 0 Å². The molecule has 13 heavy (non-hydrogen) atoms. The third-order valence-corrected chi connectivity index (χ3v) is 0.750. The fraction of sp³-hybridized carbons (Fsp3) is 0.667. The molecule has 0 aromatic carbocycles. The van der Waals surface area contributed by atoms with Gasteiger partial charge in [-0.25, -0.2) is 0 Å². The standard InChI is InChI=1S/2C6H9.Mg/c2*1-5-6(2,3)4;/h2*2-4H3;/q2*-1;+2. The molecule has 68 valence electrons. The fourth-order valence-electron chi connectivity index (χ4n) is 0. The van der Waals surface area contributed by atoms with Crippen LogP contribution in [0.3, 0.4) is 0 Å². The van der Waals surface area contributed by atoms with Gasteiger partial charge in [0.1, 0.15) is 0 Å². The molecule has 0 bridgehead atoms. The Labute approximate surface area is 100 Å². The topological polar surface area (TPSA) is 0 Å². The maximum absolute atomic E-state index is 6.60. The van der Waals surface area contributed by atoms with Crippen LogP contribution in [0.15, 0.2) is 0 Å². The summed E-state index contributed by atoms with van der Waals surface area (Å²) in [5.74, 6) is 4.71. The van der Waals surface area contributed by atoms with Crippen LogP contribution in [-0.2, 0) is 0 Å². The number of rotatable bonds is 0. The Hall–Kier alpha value is -0.114. The van der Waals surface area contributed by atoms with E-state index in [2.05, 4.69) is 11.8 Å². The molecule has 0 unspecified atom stereocenters. The molecule has 0 atom stereocenters. The van der Waals surface area contributed by atoms with Gasteiger partial charge in [-0.3, -0.25) is 0 Å². The number of hydrogen-bond acceptors (Lipinski definition) is 0. The zero-order chi connectivity index (χ0) is 10.4. The summed E-state index contributed by atoms with van der Waals surface area (Å²) in [6.45, 7) is 11.7. The zero-order valence-corrected chi connectivity index (χ0v) is 11.1. The molecular weight excluding hydrogens is 168 g/mol.